The molecular formula is C26H24N4O3S. The molecule has 0 saturated heterocycles. The van der Waals surface area contributed by atoms with Gasteiger partial charge in [-0.2, -0.15) is 5.10 Å². The normalized spacial score (nSPS) is 11.6. The van der Waals surface area contributed by atoms with Crippen LogP contribution in [0.15, 0.2) is 102 Å². The minimum atomic E-state index is -3.71. The second-order valence-corrected chi connectivity index (χ2v) is 9.20. The van der Waals surface area contributed by atoms with Crippen LogP contribution in [0, 0.1) is 0 Å². The Kier molecular flexibility index (Phi) is 7.01. The topological polar surface area (TPSA) is 107 Å². The van der Waals surface area contributed by atoms with E-state index in [-0.39, 0.29) is 10.8 Å². The molecule has 1 aromatic heterocycles. The highest BCUT2D eigenvalue weighted by Gasteiger charge is 2.11. The Labute approximate surface area is 198 Å². The van der Waals surface area contributed by atoms with Gasteiger partial charge in [0.2, 0.25) is 15.9 Å². The molecule has 172 valence electrons. The first-order valence-electron chi connectivity index (χ1n) is 10.7. The summed E-state index contributed by atoms with van der Waals surface area (Å²) < 4.78 is 24.5. The average molecular weight is 473 g/mol. The molecule has 4 rings (SSSR count). The Morgan fingerprint density at radius 2 is 1.59 bits per heavy atom. The van der Waals surface area contributed by atoms with Crippen LogP contribution in [-0.2, 0) is 21.2 Å². The van der Waals surface area contributed by atoms with E-state index in [1.807, 2.05) is 66.9 Å². The van der Waals surface area contributed by atoms with Crippen LogP contribution in [0.2, 0.25) is 0 Å². The third-order valence-corrected chi connectivity index (χ3v) is 6.12. The number of aromatic nitrogens is 2. The minimum Gasteiger partial charge on any atom is -0.352 e. The Balaban J connectivity index is 1.44. The van der Waals surface area contributed by atoms with Crippen LogP contribution < -0.4 is 10.5 Å². The molecule has 0 aliphatic heterocycles. The monoisotopic (exact) mass is 472 g/mol. The van der Waals surface area contributed by atoms with E-state index in [2.05, 4.69) is 5.32 Å². The second kappa shape index (κ2) is 10.3. The molecule has 3 aromatic carbocycles. The van der Waals surface area contributed by atoms with Crippen LogP contribution in [0.1, 0.15) is 11.1 Å². The highest BCUT2D eigenvalue weighted by Crippen LogP contribution is 2.24. The fraction of sp³-hybridized carbons (Fsp3) is 0.0769. The molecule has 1 amide bonds. The lowest BCUT2D eigenvalue weighted by molar-refractivity contribution is -0.116. The van der Waals surface area contributed by atoms with Crippen LogP contribution in [0.4, 0.5) is 0 Å². The van der Waals surface area contributed by atoms with Crippen LogP contribution >= 0.6 is 0 Å². The number of nitrogens with one attached hydrogen (secondary N) is 1. The van der Waals surface area contributed by atoms with Gasteiger partial charge in [0.25, 0.3) is 0 Å². The van der Waals surface area contributed by atoms with E-state index in [0.29, 0.717) is 13.0 Å². The van der Waals surface area contributed by atoms with Crippen molar-refractivity contribution in [1.29, 1.82) is 0 Å². The Morgan fingerprint density at radius 3 is 2.24 bits per heavy atom. The number of nitrogens with zero attached hydrogens (tertiary/aromatic N) is 2. The predicted octanol–water partition coefficient (Wildman–Crippen LogP) is 3.56. The van der Waals surface area contributed by atoms with Crippen molar-refractivity contribution in [3.05, 3.63) is 108 Å². The molecule has 0 atom stereocenters. The zero-order chi connectivity index (χ0) is 24.0. The maximum Gasteiger partial charge on any atom is 0.244 e. The van der Waals surface area contributed by atoms with Gasteiger partial charge in [-0.1, -0.05) is 60.7 Å². The van der Waals surface area contributed by atoms with Gasteiger partial charge in [-0.15, -0.1) is 0 Å². The number of primary sulfonamides is 1. The van der Waals surface area contributed by atoms with Gasteiger partial charge >= 0.3 is 0 Å². The molecule has 0 bridgehead atoms. The SMILES string of the molecule is NS(=O)(=O)c1ccc(CCNC(=O)/C=C/c2cn(-c3ccccc3)nc2-c2ccccc2)cc1. The van der Waals surface area contributed by atoms with Gasteiger partial charge in [0, 0.05) is 29.9 Å². The first kappa shape index (κ1) is 23.2. The number of carbonyl (C=O) groups excluding carboxylic acids is 1. The number of sulfonamides is 1. The van der Waals surface area contributed by atoms with E-state index in [1.165, 1.54) is 18.2 Å². The smallest absolute Gasteiger partial charge is 0.244 e. The Hall–Kier alpha value is -4.01. The number of para-hydroxylation sites is 1. The summed E-state index contributed by atoms with van der Waals surface area (Å²) in [7, 11) is -3.71. The Morgan fingerprint density at radius 1 is 0.941 bits per heavy atom. The van der Waals surface area contributed by atoms with Crippen molar-refractivity contribution in [3.63, 3.8) is 0 Å². The number of nitrogens with two attached hydrogens (primary N) is 1. The van der Waals surface area contributed by atoms with Crippen LogP contribution in [0.3, 0.4) is 0 Å². The fourth-order valence-corrected chi connectivity index (χ4v) is 3.96. The molecule has 0 aliphatic carbocycles. The van der Waals surface area contributed by atoms with E-state index in [1.54, 1.807) is 22.9 Å². The molecule has 1 heterocycles. The molecule has 7 nitrogen and oxygen atoms in total. The minimum absolute atomic E-state index is 0.0634. The van der Waals surface area contributed by atoms with Gasteiger partial charge in [-0.3, -0.25) is 4.79 Å². The fourth-order valence-electron chi connectivity index (χ4n) is 3.44. The number of hydrogen-bond donors (Lipinski definition) is 2. The van der Waals surface area contributed by atoms with Crippen LogP contribution in [0.5, 0.6) is 0 Å². The molecular weight excluding hydrogens is 448 g/mol. The third-order valence-electron chi connectivity index (χ3n) is 5.19. The molecule has 0 saturated carbocycles. The summed E-state index contributed by atoms with van der Waals surface area (Å²) in [6, 6.07) is 25.9. The first-order chi connectivity index (χ1) is 16.4. The molecule has 0 fully saturated rings. The van der Waals surface area contributed by atoms with Gasteiger partial charge < -0.3 is 5.32 Å². The summed E-state index contributed by atoms with van der Waals surface area (Å²) in [6.07, 6.45) is 5.70. The first-order valence-corrected chi connectivity index (χ1v) is 12.2. The summed E-state index contributed by atoms with van der Waals surface area (Å²) in [6.45, 7) is 0.409. The highest BCUT2D eigenvalue weighted by atomic mass is 32.2. The zero-order valence-corrected chi connectivity index (χ0v) is 19.2. The van der Waals surface area contributed by atoms with Crippen molar-refractivity contribution >= 4 is 22.0 Å². The van der Waals surface area contributed by atoms with Crippen molar-refractivity contribution in [2.45, 2.75) is 11.3 Å². The molecule has 8 heteroatoms. The standard InChI is InChI=1S/C26H24N4O3S/c27-34(32,33)24-14-11-20(12-15-24)17-18-28-25(31)16-13-22-19-30(23-9-5-2-6-10-23)29-26(22)21-7-3-1-4-8-21/h1-16,19H,17-18H2,(H,28,31)(H2,27,32,33)/b16-13+. The van der Waals surface area contributed by atoms with E-state index in [4.69, 9.17) is 10.2 Å². The van der Waals surface area contributed by atoms with E-state index in [0.717, 1.165) is 28.1 Å². The summed E-state index contributed by atoms with van der Waals surface area (Å²) in [5.74, 6) is -0.229. The van der Waals surface area contributed by atoms with Crippen LogP contribution in [0.25, 0.3) is 23.0 Å². The van der Waals surface area contributed by atoms with Crippen molar-refractivity contribution in [2.75, 3.05) is 6.54 Å². The predicted molar refractivity (Wildman–Crippen MR) is 133 cm³/mol. The number of benzene rings is 3. The molecule has 4 aromatic rings. The summed E-state index contributed by atoms with van der Waals surface area (Å²) in [5.41, 5.74) is 4.39. The summed E-state index contributed by atoms with van der Waals surface area (Å²) >= 11 is 0. The molecule has 0 unspecified atom stereocenters. The molecule has 3 N–H and O–H groups in total. The third kappa shape index (κ3) is 5.86. The molecule has 0 spiro atoms. The lowest BCUT2D eigenvalue weighted by Crippen LogP contribution is -2.23. The van der Waals surface area contributed by atoms with Gasteiger partial charge in [-0.05, 0) is 42.3 Å². The quantitative estimate of drug-likeness (QED) is 0.382. The van der Waals surface area contributed by atoms with Crippen molar-refractivity contribution in [2.24, 2.45) is 5.14 Å². The lowest BCUT2D eigenvalue weighted by Gasteiger charge is -2.04. The lowest BCUT2D eigenvalue weighted by atomic mass is 10.1. The zero-order valence-electron chi connectivity index (χ0n) is 18.3. The largest absolute Gasteiger partial charge is 0.352 e. The maximum absolute atomic E-state index is 12.4. The molecule has 34 heavy (non-hydrogen) atoms. The van der Waals surface area contributed by atoms with Crippen molar-refractivity contribution < 1.29 is 13.2 Å². The number of amides is 1. The average Bonchev–Trinajstić information content (AvgIpc) is 3.28. The molecule has 0 aliphatic rings. The van der Waals surface area contributed by atoms with E-state index < -0.39 is 10.0 Å². The second-order valence-electron chi connectivity index (χ2n) is 7.64. The summed E-state index contributed by atoms with van der Waals surface area (Å²) in [5, 5.41) is 12.7. The number of hydrogen-bond acceptors (Lipinski definition) is 4. The Bertz CT molecular complexity index is 1400. The molecule has 0 radical (unpaired) electrons. The van der Waals surface area contributed by atoms with Gasteiger partial charge in [0.1, 0.15) is 0 Å². The summed E-state index contributed by atoms with van der Waals surface area (Å²) in [4.78, 5) is 12.5. The maximum atomic E-state index is 12.4. The van der Waals surface area contributed by atoms with Gasteiger partial charge in [0.05, 0.1) is 16.3 Å². The van der Waals surface area contributed by atoms with Gasteiger partial charge in [-0.25, -0.2) is 18.2 Å². The highest BCUT2D eigenvalue weighted by molar-refractivity contribution is 7.89. The number of carbonyl (C=O) groups is 1. The van der Waals surface area contributed by atoms with Crippen molar-refractivity contribution in [1.82, 2.24) is 15.1 Å². The van der Waals surface area contributed by atoms with Gasteiger partial charge in [0.15, 0.2) is 0 Å². The van der Waals surface area contributed by atoms with Crippen LogP contribution in [-0.4, -0.2) is 30.7 Å². The van der Waals surface area contributed by atoms with E-state index in [9.17, 15) is 13.2 Å². The van der Waals surface area contributed by atoms with E-state index >= 15 is 0 Å². The van der Waals surface area contributed by atoms with Crippen molar-refractivity contribution in [3.8, 4) is 16.9 Å². The number of rotatable bonds is 8.